The normalized spacial score (nSPS) is 12.2. The molecule has 33 heavy (non-hydrogen) atoms. The molecule has 0 unspecified atom stereocenters. The van der Waals surface area contributed by atoms with E-state index in [-0.39, 0.29) is 24.3 Å². The first-order valence-corrected chi connectivity index (χ1v) is 10.2. The molecule has 1 atom stereocenters. The van der Waals surface area contributed by atoms with E-state index in [0.29, 0.717) is 5.78 Å². The van der Waals surface area contributed by atoms with E-state index in [1.54, 1.807) is 10.6 Å². The number of imidazole rings is 2. The van der Waals surface area contributed by atoms with E-state index in [0.717, 1.165) is 15.9 Å². The number of rotatable bonds is 6. The SMILES string of the molecule is CC(=O)OC[C@H](Cn1c(=O)c2c(nc3n(-c4ccccc4)c(C)cn23)n(C)c1=O)OC(C)=O. The number of hydrogen-bond donors (Lipinski definition) is 0. The van der Waals surface area contributed by atoms with Gasteiger partial charge in [-0.15, -0.1) is 0 Å². The van der Waals surface area contributed by atoms with Gasteiger partial charge in [0.1, 0.15) is 6.61 Å². The Balaban J connectivity index is 1.90. The molecule has 0 spiro atoms. The maximum Gasteiger partial charge on any atom is 0.332 e. The fraction of sp³-hybridized carbons (Fsp3) is 0.318. The lowest BCUT2D eigenvalue weighted by Crippen LogP contribution is -2.43. The maximum atomic E-state index is 13.4. The Kier molecular flexibility index (Phi) is 5.62. The Morgan fingerprint density at radius 1 is 1.09 bits per heavy atom. The fourth-order valence-corrected chi connectivity index (χ4v) is 3.84. The van der Waals surface area contributed by atoms with E-state index < -0.39 is 29.3 Å². The van der Waals surface area contributed by atoms with Crippen LogP contribution in [0.4, 0.5) is 0 Å². The van der Waals surface area contributed by atoms with Crippen LogP contribution in [0.15, 0.2) is 46.1 Å². The predicted molar refractivity (Wildman–Crippen MR) is 118 cm³/mol. The van der Waals surface area contributed by atoms with Crippen LogP contribution >= 0.6 is 0 Å². The van der Waals surface area contributed by atoms with Crippen molar-refractivity contribution in [2.45, 2.75) is 33.4 Å². The van der Waals surface area contributed by atoms with Crippen molar-refractivity contribution in [3.8, 4) is 5.69 Å². The molecule has 0 aliphatic heterocycles. The topological polar surface area (TPSA) is 119 Å². The van der Waals surface area contributed by atoms with Gasteiger partial charge >= 0.3 is 17.6 Å². The van der Waals surface area contributed by atoms with Crippen LogP contribution in [0.25, 0.3) is 22.6 Å². The number of ether oxygens (including phenoxy) is 2. The molecule has 0 aliphatic rings. The summed E-state index contributed by atoms with van der Waals surface area (Å²) in [6.45, 7) is 3.74. The zero-order chi connectivity index (χ0) is 23.9. The predicted octanol–water partition coefficient (Wildman–Crippen LogP) is 0.942. The third kappa shape index (κ3) is 3.93. The van der Waals surface area contributed by atoms with Gasteiger partial charge in [0.2, 0.25) is 5.78 Å². The molecule has 0 N–H and O–H groups in total. The third-order valence-electron chi connectivity index (χ3n) is 5.23. The third-order valence-corrected chi connectivity index (χ3v) is 5.23. The summed E-state index contributed by atoms with van der Waals surface area (Å²) in [5.41, 5.74) is 0.922. The van der Waals surface area contributed by atoms with E-state index in [1.807, 2.05) is 41.8 Å². The van der Waals surface area contributed by atoms with E-state index >= 15 is 0 Å². The number of para-hydroxylation sites is 1. The highest BCUT2D eigenvalue weighted by Gasteiger charge is 2.23. The van der Waals surface area contributed by atoms with Crippen LogP contribution in [-0.4, -0.2) is 47.7 Å². The van der Waals surface area contributed by atoms with Gasteiger partial charge in [0.25, 0.3) is 5.56 Å². The lowest BCUT2D eigenvalue weighted by Gasteiger charge is -2.18. The Bertz CT molecular complexity index is 1490. The number of benzene rings is 1. The number of carbonyl (C=O) groups is 2. The lowest BCUT2D eigenvalue weighted by molar-refractivity contribution is -0.157. The van der Waals surface area contributed by atoms with Crippen LogP contribution in [0, 0.1) is 6.92 Å². The second-order valence-corrected chi connectivity index (χ2v) is 7.69. The van der Waals surface area contributed by atoms with Crippen LogP contribution in [-0.2, 0) is 32.7 Å². The molecule has 0 amide bonds. The number of aryl methyl sites for hydroxylation is 2. The van der Waals surface area contributed by atoms with Crippen molar-refractivity contribution in [2.75, 3.05) is 6.61 Å². The van der Waals surface area contributed by atoms with Crippen molar-refractivity contribution in [1.82, 2.24) is 23.1 Å². The molecule has 11 nitrogen and oxygen atoms in total. The fourth-order valence-electron chi connectivity index (χ4n) is 3.84. The van der Waals surface area contributed by atoms with Gasteiger partial charge in [-0.3, -0.25) is 32.5 Å². The number of aromatic nitrogens is 5. The lowest BCUT2D eigenvalue weighted by atomic mass is 10.3. The highest BCUT2D eigenvalue weighted by atomic mass is 16.6. The van der Waals surface area contributed by atoms with Gasteiger partial charge < -0.3 is 9.47 Å². The highest BCUT2D eigenvalue weighted by molar-refractivity contribution is 5.76. The Labute approximate surface area is 187 Å². The molecule has 0 radical (unpaired) electrons. The van der Waals surface area contributed by atoms with Gasteiger partial charge in [-0.05, 0) is 19.1 Å². The number of esters is 2. The van der Waals surface area contributed by atoms with Gasteiger partial charge in [0, 0.05) is 38.5 Å². The minimum Gasteiger partial charge on any atom is -0.462 e. The average molecular weight is 453 g/mol. The molecule has 11 heteroatoms. The molecule has 0 saturated heterocycles. The van der Waals surface area contributed by atoms with E-state index in [1.165, 1.54) is 25.5 Å². The molecular weight excluding hydrogens is 430 g/mol. The Morgan fingerprint density at radius 2 is 1.79 bits per heavy atom. The van der Waals surface area contributed by atoms with Crippen LogP contribution in [0.3, 0.4) is 0 Å². The zero-order valence-electron chi connectivity index (χ0n) is 18.6. The second kappa shape index (κ2) is 8.41. The molecule has 172 valence electrons. The Hall–Kier alpha value is -4.15. The zero-order valence-corrected chi connectivity index (χ0v) is 18.6. The summed E-state index contributed by atoms with van der Waals surface area (Å²) in [4.78, 5) is 53.7. The molecule has 4 aromatic rings. The molecular formula is C22H23N5O6. The molecule has 0 bridgehead atoms. The first kappa shape index (κ1) is 22.1. The molecule has 4 rings (SSSR count). The number of hydrogen-bond acceptors (Lipinski definition) is 7. The van der Waals surface area contributed by atoms with E-state index in [4.69, 9.17) is 9.47 Å². The standard InChI is InChI=1S/C22H23N5O6/c1-13-10-25-18-19(23-21(25)27(13)16-8-6-5-7-9-16)24(4)22(31)26(20(18)30)11-17(33-15(3)29)12-32-14(2)28/h5-10,17H,11-12H2,1-4H3/t17-/m0/s1. The molecule has 3 aromatic heterocycles. The van der Waals surface area contributed by atoms with Crippen molar-refractivity contribution in [1.29, 1.82) is 0 Å². The number of nitrogens with zero attached hydrogens (tertiary/aromatic N) is 5. The monoisotopic (exact) mass is 453 g/mol. The summed E-state index contributed by atoms with van der Waals surface area (Å²) in [7, 11) is 1.51. The average Bonchev–Trinajstić information content (AvgIpc) is 3.28. The summed E-state index contributed by atoms with van der Waals surface area (Å²) in [6, 6.07) is 9.54. The van der Waals surface area contributed by atoms with Crippen LogP contribution in [0.1, 0.15) is 19.5 Å². The smallest absolute Gasteiger partial charge is 0.332 e. The number of fused-ring (bicyclic) bond motifs is 3. The summed E-state index contributed by atoms with van der Waals surface area (Å²) in [5.74, 6) is -0.714. The summed E-state index contributed by atoms with van der Waals surface area (Å²) in [5, 5.41) is 0. The molecule has 0 aliphatic carbocycles. The minimum absolute atomic E-state index is 0.207. The van der Waals surface area contributed by atoms with Crippen molar-refractivity contribution < 1.29 is 19.1 Å². The summed E-state index contributed by atoms with van der Waals surface area (Å²) >= 11 is 0. The summed E-state index contributed by atoms with van der Waals surface area (Å²) in [6.07, 6.45) is 0.768. The van der Waals surface area contributed by atoms with E-state index in [2.05, 4.69) is 4.98 Å². The van der Waals surface area contributed by atoms with Crippen molar-refractivity contribution in [3.63, 3.8) is 0 Å². The van der Waals surface area contributed by atoms with Gasteiger partial charge in [-0.1, -0.05) is 18.2 Å². The van der Waals surface area contributed by atoms with Gasteiger partial charge in [-0.2, -0.15) is 4.98 Å². The Morgan fingerprint density at radius 3 is 2.42 bits per heavy atom. The highest BCUT2D eigenvalue weighted by Crippen LogP contribution is 2.20. The van der Waals surface area contributed by atoms with Crippen LogP contribution in [0.2, 0.25) is 0 Å². The van der Waals surface area contributed by atoms with Gasteiger partial charge in [-0.25, -0.2) is 4.79 Å². The largest absolute Gasteiger partial charge is 0.462 e. The van der Waals surface area contributed by atoms with Crippen LogP contribution in [0.5, 0.6) is 0 Å². The van der Waals surface area contributed by atoms with E-state index in [9.17, 15) is 19.2 Å². The molecule has 1 aromatic carbocycles. The maximum absolute atomic E-state index is 13.4. The molecule has 0 fully saturated rings. The number of carbonyl (C=O) groups excluding carboxylic acids is 2. The first-order chi connectivity index (χ1) is 15.7. The molecule has 3 heterocycles. The second-order valence-electron chi connectivity index (χ2n) is 7.69. The van der Waals surface area contributed by atoms with Gasteiger partial charge in [0.05, 0.1) is 6.54 Å². The first-order valence-electron chi connectivity index (χ1n) is 10.2. The van der Waals surface area contributed by atoms with Crippen molar-refractivity contribution in [2.24, 2.45) is 7.05 Å². The van der Waals surface area contributed by atoms with Crippen LogP contribution < -0.4 is 11.2 Å². The summed E-state index contributed by atoms with van der Waals surface area (Å²) < 4.78 is 15.9. The quantitative estimate of drug-likeness (QED) is 0.399. The minimum atomic E-state index is -1.01. The van der Waals surface area contributed by atoms with Crippen molar-refractivity contribution >= 4 is 28.9 Å². The van der Waals surface area contributed by atoms with Crippen molar-refractivity contribution in [3.05, 3.63) is 63.1 Å². The molecule has 0 saturated carbocycles. The van der Waals surface area contributed by atoms with Gasteiger partial charge in [0.15, 0.2) is 17.3 Å².